The molecule has 1 fully saturated rings. The third-order valence-electron chi connectivity index (χ3n) is 4.34. The van der Waals surface area contributed by atoms with E-state index in [1.54, 1.807) is 24.7 Å². The maximum atomic E-state index is 12.9. The number of piperidine rings is 1. The Labute approximate surface area is 135 Å². The number of carbonyl (C=O) groups is 1. The molecular formula is C18H20FN3O. The summed E-state index contributed by atoms with van der Waals surface area (Å²) in [6.45, 7) is 1.53. The number of nitrogens with zero attached hydrogens (tertiary/aromatic N) is 3. The van der Waals surface area contributed by atoms with Crippen LogP contribution >= 0.6 is 0 Å². The van der Waals surface area contributed by atoms with Crippen LogP contribution in [0.1, 0.15) is 36.4 Å². The summed E-state index contributed by atoms with van der Waals surface area (Å²) in [6, 6.07) is 8.28. The Balaban J connectivity index is 1.55. The topological polar surface area (TPSA) is 46.1 Å². The van der Waals surface area contributed by atoms with Gasteiger partial charge in [0.15, 0.2) is 0 Å². The summed E-state index contributed by atoms with van der Waals surface area (Å²) >= 11 is 0. The van der Waals surface area contributed by atoms with Crippen molar-refractivity contribution >= 4 is 5.91 Å². The Morgan fingerprint density at radius 3 is 2.83 bits per heavy atom. The van der Waals surface area contributed by atoms with Gasteiger partial charge in [-0.3, -0.25) is 4.79 Å². The van der Waals surface area contributed by atoms with Gasteiger partial charge in [-0.15, -0.1) is 0 Å². The zero-order valence-corrected chi connectivity index (χ0v) is 13.0. The summed E-state index contributed by atoms with van der Waals surface area (Å²) in [4.78, 5) is 22.6. The second kappa shape index (κ2) is 7.31. The minimum atomic E-state index is -0.246. The first-order chi connectivity index (χ1) is 11.2. The second-order valence-corrected chi connectivity index (χ2v) is 5.94. The van der Waals surface area contributed by atoms with Crippen LogP contribution < -0.4 is 0 Å². The molecule has 5 heteroatoms. The van der Waals surface area contributed by atoms with Crippen LogP contribution in [-0.2, 0) is 11.2 Å². The highest BCUT2D eigenvalue weighted by atomic mass is 19.1. The predicted molar refractivity (Wildman–Crippen MR) is 85.3 cm³/mol. The van der Waals surface area contributed by atoms with E-state index in [-0.39, 0.29) is 11.7 Å². The molecule has 0 radical (unpaired) electrons. The van der Waals surface area contributed by atoms with Gasteiger partial charge in [0.05, 0.1) is 0 Å². The van der Waals surface area contributed by atoms with Crippen LogP contribution in [0.3, 0.4) is 0 Å². The first-order valence-electron chi connectivity index (χ1n) is 8.00. The van der Waals surface area contributed by atoms with Crippen molar-refractivity contribution in [3.63, 3.8) is 0 Å². The number of halogens is 1. The van der Waals surface area contributed by atoms with Crippen LogP contribution in [0.4, 0.5) is 4.39 Å². The highest BCUT2D eigenvalue weighted by Gasteiger charge is 2.25. The Kier molecular flexibility index (Phi) is 4.95. The normalized spacial score (nSPS) is 18.0. The fourth-order valence-corrected chi connectivity index (χ4v) is 3.05. The van der Waals surface area contributed by atoms with Crippen LogP contribution in [0.2, 0.25) is 0 Å². The fraction of sp³-hybridized carbons (Fsp3) is 0.389. The Morgan fingerprint density at radius 2 is 2.09 bits per heavy atom. The molecule has 0 saturated carbocycles. The molecule has 120 valence electrons. The summed E-state index contributed by atoms with van der Waals surface area (Å²) in [5, 5.41) is 0. The number of amides is 1. The summed E-state index contributed by atoms with van der Waals surface area (Å²) in [6.07, 6.45) is 6.47. The van der Waals surface area contributed by atoms with Crippen LogP contribution in [0.25, 0.3) is 0 Å². The molecule has 2 heterocycles. The lowest BCUT2D eigenvalue weighted by Crippen LogP contribution is -2.39. The molecule has 4 nitrogen and oxygen atoms in total. The number of rotatable bonds is 4. The van der Waals surface area contributed by atoms with Gasteiger partial charge in [-0.2, -0.15) is 0 Å². The van der Waals surface area contributed by atoms with Gasteiger partial charge in [0.1, 0.15) is 12.1 Å². The molecule has 0 unspecified atom stereocenters. The molecule has 1 amide bonds. The highest BCUT2D eigenvalue weighted by molar-refractivity contribution is 5.76. The van der Waals surface area contributed by atoms with Gasteiger partial charge >= 0.3 is 0 Å². The number of likely N-dealkylation sites (tertiary alicyclic amines) is 1. The Morgan fingerprint density at radius 1 is 1.26 bits per heavy atom. The van der Waals surface area contributed by atoms with Gasteiger partial charge in [-0.1, -0.05) is 12.1 Å². The monoisotopic (exact) mass is 313 g/mol. The van der Waals surface area contributed by atoms with E-state index >= 15 is 0 Å². The van der Waals surface area contributed by atoms with Gasteiger partial charge in [-0.05, 0) is 43.0 Å². The summed E-state index contributed by atoms with van der Waals surface area (Å²) < 4.78 is 12.9. The first kappa shape index (κ1) is 15.6. The Bertz CT molecular complexity index is 645. The van der Waals surface area contributed by atoms with Crippen LogP contribution in [0, 0.1) is 5.82 Å². The quantitative estimate of drug-likeness (QED) is 0.872. The molecule has 0 bridgehead atoms. The molecule has 1 aliphatic heterocycles. The van der Waals surface area contributed by atoms with Crippen molar-refractivity contribution in [2.75, 3.05) is 13.1 Å². The minimum Gasteiger partial charge on any atom is -0.342 e. The van der Waals surface area contributed by atoms with E-state index in [9.17, 15) is 9.18 Å². The molecule has 0 aliphatic carbocycles. The van der Waals surface area contributed by atoms with Crippen LogP contribution in [0.5, 0.6) is 0 Å². The number of aromatic nitrogens is 2. The number of aryl methyl sites for hydroxylation is 1. The van der Waals surface area contributed by atoms with E-state index in [2.05, 4.69) is 9.97 Å². The van der Waals surface area contributed by atoms with E-state index in [0.29, 0.717) is 18.8 Å². The zero-order valence-electron chi connectivity index (χ0n) is 13.0. The maximum Gasteiger partial charge on any atom is 0.222 e. The molecule has 0 N–H and O–H groups in total. The first-order valence-corrected chi connectivity index (χ1v) is 8.00. The minimum absolute atomic E-state index is 0.160. The van der Waals surface area contributed by atoms with E-state index in [4.69, 9.17) is 0 Å². The lowest BCUT2D eigenvalue weighted by atomic mass is 9.94. The summed E-state index contributed by atoms with van der Waals surface area (Å²) in [7, 11) is 0. The summed E-state index contributed by atoms with van der Waals surface area (Å²) in [5.74, 6) is 0.207. The molecule has 2 aromatic rings. The van der Waals surface area contributed by atoms with Gasteiger partial charge in [-0.25, -0.2) is 14.4 Å². The number of benzene rings is 1. The van der Waals surface area contributed by atoms with Crippen LogP contribution in [0.15, 0.2) is 42.9 Å². The zero-order chi connectivity index (χ0) is 16.1. The molecule has 1 aromatic carbocycles. The smallest absolute Gasteiger partial charge is 0.222 e. The van der Waals surface area contributed by atoms with Crippen molar-refractivity contribution in [3.8, 4) is 0 Å². The van der Waals surface area contributed by atoms with Crippen molar-refractivity contribution in [1.82, 2.24) is 14.9 Å². The average Bonchev–Trinajstić information content (AvgIpc) is 2.62. The molecule has 1 aliphatic rings. The number of hydrogen-bond acceptors (Lipinski definition) is 3. The molecule has 1 atom stereocenters. The van der Waals surface area contributed by atoms with E-state index in [1.807, 2.05) is 11.0 Å². The molecule has 3 rings (SSSR count). The number of carbonyl (C=O) groups excluding carboxylic acids is 1. The third-order valence-corrected chi connectivity index (χ3v) is 4.34. The van der Waals surface area contributed by atoms with E-state index in [1.165, 1.54) is 12.1 Å². The number of hydrogen-bond donors (Lipinski definition) is 0. The highest BCUT2D eigenvalue weighted by Crippen LogP contribution is 2.25. The van der Waals surface area contributed by atoms with Crippen molar-refractivity contribution in [1.29, 1.82) is 0 Å². The van der Waals surface area contributed by atoms with Gasteiger partial charge < -0.3 is 4.90 Å². The van der Waals surface area contributed by atoms with Crippen molar-refractivity contribution in [2.45, 2.75) is 31.6 Å². The molecule has 1 saturated heterocycles. The lowest BCUT2D eigenvalue weighted by molar-refractivity contribution is -0.132. The largest absolute Gasteiger partial charge is 0.342 e. The molecule has 23 heavy (non-hydrogen) atoms. The molecule has 1 aromatic heterocycles. The van der Waals surface area contributed by atoms with Crippen molar-refractivity contribution in [2.24, 2.45) is 0 Å². The lowest BCUT2D eigenvalue weighted by Gasteiger charge is -2.32. The van der Waals surface area contributed by atoms with Gasteiger partial charge in [0.25, 0.3) is 0 Å². The SMILES string of the molecule is O=C(CCc1ccc(F)cc1)N1CCC[C@@H](c2ccncn2)C1. The van der Waals surface area contributed by atoms with Gasteiger partial charge in [0, 0.05) is 37.3 Å². The fourth-order valence-electron chi connectivity index (χ4n) is 3.05. The maximum absolute atomic E-state index is 12.9. The van der Waals surface area contributed by atoms with Crippen LogP contribution in [-0.4, -0.2) is 33.9 Å². The molecular weight excluding hydrogens is 293 g/mol. The van der Waals surface area contributed by atoms with E-state index in [0.717, 1.165) is 37.2 Å². The molecule has 0 spiro atoms. The van der Waals surface area contributed by atoms with Gasteiger partial charge in [0.2, 0.25) is 5.91 Å². The van der Waals surface area contributed by atoms with Crippen molar-refractivity contribution in [3.05, 3.63) is 59.9 Å². The third kappa shape index (κ3) is 4.12. The van der Waals surface area contributed by atoms with E-state index < -0.39 is 0 Å². The Hall–Kier alpha value is -2.30. The standard InChI is InChI=1S/C18H20FN3O/c19-16-6-3-14(4-7-16)5-8-18(23)22-11-1-2-15(12-22)17-9-10-20-13-21-17/h3-4,6-7,9-10,13,15H,1-2,5,8,11-12H2/t15-/m1/s1. The predicted octanol–water partition coefficient (Wildman–Crippen LogP) is 2.95. The summed E-state index contributed by atoms with van der Waals surface area (Å²) in [5.41, 5.74) is 2.00. The average molecular weight is 313 g/mol. The second-order valence-electron chi connectivity index (χ2n) is 5.94. The van der Waals surface area contributed by atoms with Crippen molar-refractivity contribution < 1.29 is 9.18 Å².